The Kier molecular flexibility index (Phi) is 6.48. The van der Waals surface area contributed by atoms with Crippen LogP contribution >= 0.6 is 0 Å². The first kappa shape index (κ1) is 34.4. The highest BCUT2D eigenvalue weighted by Gasteiger charge is 2.88. The lowest BCUT2D eigenvalue weighted by Gasteiger charge is -2.63. The molecule has 5 fully saturated rings. The number of hydrogen-bond acceptors (Lipinski definition) is 14. The quantitative estimate of drug-likeness (QED) is 0.291. The topological polar surface area (TPSA) is 198 Å². The molecule has 7 aliphatic carbocycles. The lowest BCUT2D eigenvalue weighted by molar-refractivity contribution is -0.209. The lowest BCUT2D eigenvalue weighted by Crippen LogP contribution is -2.68. The summed E-state index contributed by atoms with van der Waals surface area (Å²) in [6, 6.07) is 0. The van der Waals surface area contributed by atoms with Gasteiger partial charge >= 0.3 is 35.6 Å². The number of ketones is 1. The fraction of sp³-hybridized carbons (Fsp3) is 0.650. The molecule has 0 aromatic rings. The summed E-state index contributed by atoms with van der Waals surface area (Å²) >= 11 is 0. The normalized spacial score (nSPS) is 49.6. The van der Waals surface area contributed by atoms with Crippen LogP contribution in [-0.4, -0.2) is 95.4 Å². The summed E-state index contributed by atoms with van der Waals surface area (Å²) in [5, 5.41) is 25.9. The summed E-state index contributed by atoms with van der Waals surface area (Å²) in [7, 11) is 1.29. The van der Waals surface area contributed by atoms with Gasteiger partial charge in [0.15, 0.2) is 5.60 Å². The molecule has 10 aliphatic rings. The number of Topliss-reactive ketones (excluding diaryl/α,β-unsaturated/α-hetero) is 1. The van der Waals surface area contributed by atoms with Crippen LogP contribution in [0.25, 0.3) is 0 Å². The zero-order valence-corrected chi connectivity index (χ0v) is 30.7. The largest absolute Gasteiger partial charge is 0.461 e. The summed E-state index contributed by atoms with van der Waals surface area (Å²) in [5.74, 6) is -8.69. The number of carbonyl (C=O) groups is 6. The van der Waals surface area contributed by atoms with Gasteiger partial charge in [0.2, 0.25) is 5.78 Å². The van der Waals surface area contributed by atoms with Crippen molar-refractivity contribution in [1.82, 2.24) is 0 Å². The molecule has 14 heteroatoms. The molecular weight excluding hydrogens is 704 g/mol. The Balaban J connectivity index is 1.22. The molecule has 0 aromatic carbocycles. The van der Waals surface area contributed by atoms with Gasteiger partial charge in [0.25, 0.3) is 0 Å². The minimum absolute atomic E-state index is 0.0320. The Labute approximate surface area is 309 Å². The summed E-state index contributed by atoms with van der Waals surface area (Å²) in [5.41, 5.74) is -5.35. The maximum atomic E-state index is 14.9. The number of carbonyl (C=O) groups excluding carboxylic acids is 6. The average Bonchev–Trinajstić information content (AvgIpc) is 4.04. The second-order valence-electron chi connectivity index (χ2n) is 17.6. The first-order valence-corrected chi connectivity index (χ1v) is 18.8. The molecule has 0 unspecified atom stereocenters. The van der Waals surface area contributed by atoms with Crippen LogP contribution in [0.1, 0.15) is 66.2 Å². The van der Waals surface area contributed by atoms with E-state index in [0.29, 0.717) is 29.6 Å². The van der Waals surface area contributed by atoms with E-state index in [4.69, 9.17) is 28.4 Å². The molecule has 2 N–H and O–H groups in total. The van der Waals surface area contributed by atoms with E-state index < -0.39 is 87.5 Å². The van der Waals surface area contributed by atoms with Crippen molar-refractivity contribution in [1.29, 1.82) is 0 Å². The Morgan fingerprint density at radius 3 is 2.22 bits per heavy atom. The number of aliphatic hydroxyl groups is 2. The van der Waals surface area contributed by atoms with Gasteiger partial charge in [-0.2, -0.15) is 0 Å². The van der Waals surface area contributed by atoms with Crippen molar-refractivity contribution in [2.24, 2.45) is 46.3 Å². The van der Waals surface area contributed by atoms with Gasteiger partial charge in [-0.15, -0.1) is 0 Å². The molecule has 5 saturated carbocycles. The summed E-state index contributed by atoms with van der Waals surface area (Å²) in [4.78, 5) is 81.5. The zero-order chi connectivity index (χ0) is 38.3. The fourth-order valence-corrected chi connectivity index (χ4v) is 13.1. The summed E-state index contributed by atoms with van der Waals surface area (Å²) in [6.07, 6.45) is 2.05. The van der Waals surface area contributed by atoms with Crippen LogP contribution in [0.5, 0.6) is 0 Å². The molecule has 1 spiro atoms. The van der Waals surface area contributed by atoms with E-state index in [2.05, 4.69) is 0 Å². The summed E-state index contributed by atoms with van der Waals surface area (Å²) in [6.45, 7) is 5.77. The van der Waals surface area contributed by atoms with Crippen molar-refractivity contribution in [3.8, 4) is 0 Å². The molecule has 0 radical (unpaired) electrons. The Morgan fingerprint density at radius 1 is 0.796 bits per heavy atom. The van der Waals surface area contributed by atoms with Gasteiger partial charge in [0, 0.05) is 41.2 Å². The van der Waals surface area contributed by atoms with E-state index in [0.717, 1.165) is 0 Å². The second-order valence-corrected chi connectivity index (χ2v) is 17.6. The van der Waals surface area contributed by atoms with Crippen molar-refractivity contribution in [2.45, 2.75) is 88.8 Å². The fourth-order valence-electron chi connectivity index (χ4n) is 13.1. The molecule has 3 heterocycles. The molecule has 14 nitrogen and oxygen atoms in total. The van der Waals surface area contributed by atoms with Gasteiger partial charge < -0.3 is 38.6 Å². The SMILES string of the molecule is CO[C@]12OC(=O)C(C)=C1C1=C3[C@@](C)(C2=O)[C@@H]2C[C@@H]2[C@@]3(O)C[C@@H]2[C@]13OC(=O)C1=C3C[C@H]3[C@](O)(COC(=O)/C(C)=C\COC(=O)CCC(=O)OC1)[C@H]1C[C@H]1[C@]23C. The third kappa shape index (κ3) is 3.64. The molecule has 0 saturated heterocycles. The van der Waals surface area contributed by atoms with Crippen LogP contribution in [0, 0.1) is 46.3 Å². The average molecular weight is 747 g/mol. The van der Waals surface area contributed by atoms with Gasteiger partial charge in [-0.3, -0.25) is 14.4 Å². The predicted molar refractivity (Wildman–Crippen MR) is 178 cm³/mol. The van der Waals surface area contributed by atoms with Crippen LogP contribution < -0.4 is 0 Å². The standard InChI is InChI=1S/C40H42O14/c1-16-8-9-50-26(41)6-7-27(42)51-14-18-19-12-24-35(3,20-10-23(20)38(24,48)15-52-31(16)43)25-13-37(47)22-11-21(22)36(4)30(37)29(39(19,25)53-33(18)45)28-17(2)32(44)54-40(28,49-5)34(36)46/h8,20-25,47-48H,6-7,9-15H2,1-5H3/b16-8-/t20-,21-,22+,23+,24-,25+,35+,36+,37+,38+,39+,40+/m1/s1. The van der Waals surface area contributed by atoms with Crippen molar-refractivity contribution in [2.75, 3.05) is 26.9 Å². The van der Waals surface area contributed by atoms with Crippen molar-refractivity contribution >= 4 is 35.6 Å². The highest BCUT2D eigenvalue weighted by atomic mass is 16.7. The van der Waals surface area contributed by atoms with E-state index in [9.17, 15) is 39.0 Å². The molecule has 0 aromatic heterocycles. The van der Waals surface area contributed by atoms with E-state index in [1.54, 1.807) is 6.92 Å². The van der Waals surface area contributed by atoms with Gasteiger partial charge in [0.1, 0.15) is 25.4 Å². The van der Waals surface area contributed by atoms with Crippen molar-refractivity contribution in [3.05, 3.63) is 45.1 Å². The number of fused-ring (bicyclic) bond motifs is 9. The number of rotatable bonds is 1. The van der Waals surface area contributed by atoms with Crippen molar-refractivity contribution in [3.63, 3.8) is 0 Å². The Bertz CT molecular complexity index is 2090. The summed E-state index contributed by atoms with van der Waals surface area (Å²) < 4.78 is 35.2. The van der Waals surface area contributed by atoms with Gasteiger partial charge in [-0.05, 0) is 92.8 Å². The number of cyclic esters (lactones) is 3. The van der Waals surface area contributed by atoms with Gasteiger partial charge in [-0.1, -0.05) is 6.92 Å². The van der Waals surface area contributed by atoms with Gasteiger partial charge in [0.05, 0.1) is 29.4 Å². The number of hydrogen-bond donors (Lipinski definition) is 2. The highest BCUT2D eigenvalue weighted by Crippen LogP contribution is 2.84. The van der Waals surface area contributed by atoms with E-state index in [1.807, 2.05) is 6.92 Å². The second kappa shape index (κ2) is 10.2. The highest BCUT2D eigenvalue weighted by molar-refractivity contribution is 6.10. The first-order chi connectivity index (χ1) is 25.5. The van der Waals surface area contributed by atoms with Crippen LogP contribution in [-0.2, 0) is 57.2 Å². The van der Waals surface area contributed by atoms with Crippen molar-refractivity contribution < 1.29 is 67.4 Å². The first-order valence-electron chi connectivity index (χ1n) is 18.8. The number of methoxy groups -OCH3 is 1. The maximum absolute atomic E-state index is 14.9. The molecule has 2 bridgehead atoms. The van der Waals surface area contributed by atoms with Gasteiger partial charge in [-0.25, -0.2) is 14.4 Å². The zero-order valence-electron chi connectivity index (χ0n) is 30.7. The smallest absolute Gasteiger partial charge is 0.338 e. The molecule has 10 rings (SSSR count). The Hall–Kier alpha value is -4.14. The third-order valence-corrected chi connectivity index (χ3v) is 15.6. The van der Waals surface area contributed by atoms with E-state index >= 15 is 0 Å². The van der Waals surface area contributed by atoms with Crippen LogP contribution in [0.4, 0.5) is 0 Å². The van der Waals surface area contributed by atoms with Crippen LogP contribution in [0.15, 0.2) is 45.1 Å². The molecule has 54 heavy (non-hydrogen) atoms. The molecule has 286 valence electrons. The molecule has 3 aliphatic heterocycles. The number of ether oxygens (including phenoxy) is 6. The van der Waals surface area contributed by atoms with Crippen LogP contribution in [0.3, 0.4) is 0 Å². The van der Waals surface area contributed by atoms with E-state index in [-0.39, 0.29) is 84.9 Å². The Morgan fingerprint density at radius 2 is 1.50 bits per heavy atom. The third-order valence-electron chi connectivity index (χ3n) is 15.6. The number of esters is 5. The molecule has 0 amide bonds. The molecular formula is C40H42O14. The molecule has 12 atom stereocenters. The van der Waals surface area contributed by atoms with E-state index in [1.165, 1.54) is 27.0 Å². The van der Waals surface area contributed by atoms with Crippen LogP contribution in [0.2, 0.25) is 0 Å². The minimum Gasteiger partial charge on any atom is -0.461 e. The minimum atomic E-state index is -2.16. The maximum Gasteiger partial charge on any atom is 0.338 e. The predicted octanol–water partition coefficient (Wildman–Crippen LogP) is 1.86. The lowest BCUT2D eigenvalue weighted by atomic mass is 9.42. The monoisotopic (exact) mass is 746 g/mol.